The third kappa shape index (κ3) is 5.14. The Morgan fingerprint density at radius 3 is 3.00 bits per heavy atom. The number of rotatable bonds is 4. The fraction of sp³-hybridized carbons (Fsp3) is 0.400. The van der Waals surface area contributed by atoms with E-state index >= 15 is 0 Å². The molecule has 0 atom stereocenters. The maximum absolute atomic E-state index is 11.1. The zero-order valence-corrected chi connectivity index (χ0v) is 4.36. The van der Waals surface area contributed by atoms with Crippen LogP contribution in [-0.4, -0.2) is 13.0 Å². The summed E-state index contributed by atoms with van der Waals surface area (Å²) in [5.41, 5.74) is 0. The zero-order chi connectivity index (χ0) is 6.24. The molecule has 0 aliphatic carbocycles. The summed E-state index contributed by atoms with van der Waals surface area (Å²) < 4.78 is 11.1. The van der Waals surface area contributed by atoms with Gasteiger partial charge in [-0.1, -0.05) is 6.08 Å². The summed E-state index contributed by atoms with van der Waals surface area (Å²) in [6, 6.07) is 0. The summed E-state index contributed by atoms with van der Waals surface area (Å²) in [6.45, 7) is 0.448. The first-order valence-corrected chi connectivity index (χ1v) is 2.27. The van der Waals surface area contributed by atoms with Crippen LogP contribution in [0, 0.1) is 0 Å². The van der Waals surface area contributed by atoms with Crippen LogP contribution in [0.15, 0.2) is 12.4 Å². The molecular formula is C5H7FNO. The Morgan fingerprint density at radius 2 is 2.50 bits per heavy atom. The molecule has 0 saturated carbocycles. The molecule has 0 bridgehead atoms. The van der Waals surface area contributed by atoms with Crippen LogP contribution < -0.4 is 5.32 Å². The monoisotopic (exact) mass is 116 g/mol. The van der Waals surface area contributed by atoms with E-state index in [1.807, 2.05) is 0 Å². The Kier molecular flexibility index (Phi) is 5.48. The molecule has 1 N–H and O–H groups in total. The molecule has 2 nitrogen and oxygen atoms in total. The van der Waals surface area contributed by atoms with Gasteiger partial charge in [0.2, 0.25) is 0 Å². The normalized spacial score (nSPS) is 9.62. The summed E-state index contributed by atoms with van der Waals surface area (Å²) in [6.07, 6.45) is 3.76. The van der Waals surface area contributed by atoms with Gasteiger partial charge in [-0.3, -0.25) is 4.79 Å². The van der Waals surface area contributed by atoms with Gasteiger partial charge in [0.1, 0.15) is 0 Å². The van der Waals surface area contributed by atoms with Crippen LogP contribution in [0.5, 0.6) is 0 Å². The highest BCUT2D eigenvalue weighted by Crippen LogP contribution is 1.78. The van der Waals surface area contributed by atoms with Crippen molar-refractivity contribution in [3.63, 3.8) is 0 Å². The Balaban J connectivity index is 2.82. The van der Waals surface area contributed by atoms with Gasteiger partial charge in [0.25, 0.3) is 0 Å². The Labute approximate surface area is 47.4 Å². The third-order valence-electron chi connectivity index (χ3n) is 0.597. The van der Waals surface area contributed by atoms with E-state index in [9.17, 15) is 9.18 Å². The van der Waals surface area contributed by atoms with Crippen molar-refractivity contribution in [2.45, 2.75) is 6.42 Å². The van der Waals surface area contributed by atoms with Crippen LogP contribution in [0.4, 0.5) is 4.39 Å². The van der Waals surface area contributed by atoms with E-state index in [2.05, 4.69) is 5.32 Å². The smallest absolute Gasteiger partial charge is 0.309 e. The highest BCUT2D eigenvalue weighted by atomic mass is 19.1. The molecule has 0 unspecified atom stereocenters. The maximum Gasteiger partial charge on any atom is 0.309 e. The van der Waals surface area contributed by atoms with Crippen molar-refractivity contribution in [1.29, 1.82) is 0 Å². The summed E-state index contributed by atoms with van der Waals surface area (Å²) in [7, 11) is 0. The van der Waals surface area contributed by atoms with Crippen molar-refractivity contribution >= 4 is 6.41 Å². The van der Waals surface area contributed by atoms with Crippen molar-refractivity contribution in [2.24, 2.45) is 0 Å². The molecule has 0 fully saturated rings. The average Bonchev–Trinajstić information content (AvgIpc) is 1.81. The minimum atomic E-state index is 0.448. The van der Waals surface area contributed by atoms with Gasteiger partial charge in [0.15, 0.2) is 0 Å². The van der Waals surface area contributed by atoms with E-state index in [4.69, 9.17) is 0 Å². The first-order valence-electron chi connectivity index (χ1n) is 2.27. The summed E-state index contributed by atoms with van der Waals surface area (Å²) in [5.74, 6) is 0. The first kappa shape index (κ1) is 7.14. The highest BCUT2D eigenvalue weighted by Gasteiger charge is 1.76. The second kappa shape index (κ2) is 6.14. The lowest BCUT2D eigenvalue weighted by atomic mass is 10.4. The second-order valence-electron chi connectivity index (χ2n) is 1.18. The summed E-state index contributed by atoms with van der Waals surface area (Å²) in [5, 5.41) is 2.26. The fourth-order valence-electron chi connectivity index (χ4n) is 0.270. The predicted octanol–water partition coefficient (Wildman–Crippen LogP) is 0.516. The van der Waals surface area contributed by atoms with Crippen LogP contribution in [-0.2, 0) is 4.79 Å². The van der Waals surface area contributed by atoms with Crippen LogP contribution in [0.2, 0.25) is 0 Å². The third-order valence-corrected chi connectivity index (χ3v) is 0.597. The fourth-order valence-corrected chi connectivity index (χ4v) is 0.270. The molecule has 0 heterocycles. The van der Waals surface area contributed by atoms with Crippen molar-refractivity contribution in [3.05, 3.63) is 12.4 Å². The minimum Gasteiger partial charge on any atom is -0.348 e. The largest absolute Gasteiger partial charge is 0.348 e. The molecule has 8 heavy (non-hydrogen) atoms. The van der Waals surface area contributed by atoms with Crippen molar-refractivity contribution in [2.75, 3.05) is 6.54 Å². The first-order chi connectivity index (χ1) is 3.91. The van der Waals surface area contributed by atoms with Gasteiger partial charge in [-0.2, -0.15) is 0 Å². The van der Waals surface area contributed by atoms with Gasteiger partial charge in [-0.25, -0.2) is 4.39 Å². The number of amides is 1. The molecule has 1 radical (unpaired) electrons. The molecule has 0 aromatic heterocycles. The Morgan fingerprint density at radius 1 is 1.75 bits per heavy atom. The molecule has 0 spiro atoms. The average molecular weight is 116 g/mol. The molecule has 0 aliphatic rings. The SMILES string of the molecule is O=[C]NCCC=CF. The lowest BCUT2D eigenvalue weighted by molar-refractivity contribution is 0.542. The number of carbonyl (C=O) groups excluding carboxylic acids is 1. The number of hydrogen-bond donors (Lipinski definition) is 1. The van der Waals surface area contributed by atoms with Gasteiger partial charge in [-0.15, -0.1) is 0 Å². The lowest BCUT2D eigenvalue weighted by Gasteiger charge is -1.86. The van der Waals surface area contributed by atoms with E-state index in [1.165, 1.54) is 12.5 Å². The second-order valence-corrected chi connectivity index (χ2v) is 1.18. The molecule has 0 saturated heterocycles. The van der Waals surface area contributed by atoms with E-state index in [0.29, 0.717) is 19.3 Å². The van der Waals surface area contributed by atoms with Crippen LogP contribution in [0.1, 0.15) is 6.42 Å². The molecule has 0 aromatic rings. The minimum absolute atomic E-state index is 0.448. The molecule has 3 heteroatoms. The molecule has 0 rings (SSSR count). The van der Waals surface area contributed by atoms with Gasteiger partial charge in [0.05, 0.1) is 6.33 Å². The Bertz CT molecular complexity index is 82.5. The number of hydrogen-bond acceptors (Lipinski definition) is 1. The van der Waals surface area contributed by atoms with E-state index < -0.39 is 0 Å². The molecule has 0 aliphatic heterocycles. The van der Waals surface area contributed by atoms with Crippen LogP contribution in [0.25, 0.3) is 0 Å². The zero-order valence-electron chi connectivity index (χ0n) is 4.36. The number of nitrogens with one attached hydrogen (secondary N) is 1. The summed E-state index contributed by atoms with van der Waals surface area (Å²) >= 11 is 0. The van der Waals surface area contributed by atoms with Gasteiger partial charge in [-0.05, 0) is 6.42 Å². The summed E-state index contributed by atoms with van der Waals surface area (Å²) in [4.78, 5) is 9.41. The van der Waals surface area contributed by atoms with E-state index in [1.54, 1.807) is 0 Å². The van der Waals surface area contributed by atoms with Gasteiger partial charge in [0, 0.05) is 6.54 Å². The van der Waals surface area contributed by atoms with Crippen LogP contribution in [0.3, 0.4) is 0 Å². The quantitative estimate of drug-likeness (QED) is 0.421. The van der Waals surface area contributed by atoms with E-state index in [0.717, 1.165) is 0 Å². The topological polar surface area (TPSA) is 29.1 Å². The molecule has 0 aromatic carbocycles. The lowest BCUT2D eigenvalue weighted by Crippen LogP contribution is -2.10. The van der Waals surface area contributed by atoms with Crippen LogP contribution >= 0.6 is 0 Å². The molecule has 45 valence electrons. The molecule has 1 amide bonds. The van der Waals surface area contributed by atoms with Gasteiger partial charge < -0.3 is 5.32 Å². The predicted molar refractivity (Wildman–Crippen MR) is 28.6 cm³/mol. The maximum atomic E-state index is 11.1. The van der Waals surface area contributed by atoms with Crippen molar-refractivity contribution < 1.29 is 9.18 Å². The van der Waals surface area contributed by atoms with Gasteiger partial charge >= 0.3 is 6.41 Å². The Hall–Kier alpha value is -0.860. The highest BCUT2D eigenvalue weighted by molar-refractivity contribution is 5.46. The number of halogens is 1. The van der Waals surface area contributed by atoms with Crippen molar-refractivity contribution in [3.8, 4) is 0 Å². The molecular weight excluding hydrogens is 109 g/mol. The standard InChI is InChI=1S/C5H7FNO/c6-3-1-2-4-7-5-8/h1,3H,2,4H2,(H,7,8). The van der Waals surface area contributed by atoms with Crippen molar-refractivity contribution in [1.82, 2.24) is 5.32 Å². The van der Waals surface area contributed by atoms with E-state index in [-0.39, 0.29) is 0 Å².